The van der Waals surface area contributed by atoms with Crippen LogP contribution in [0.15, 0.2) is 72.9 Å². The van der Waals surface area contributed by atoms with Crippen LogP contribution in [0, 0.1) is 0 Å². The number of amides is 1. The summed E-state index contributed by atoms with van der Waals surface area (Å²) >= 11 is 0. The summed E-state index contributed by atoms with van der Waals surface area (Å²) in [6.07, 6.45) is -3.01. The number of carbonyl (C=O) groups is 1. The van der Waals surface area contributed by atoms with Gasteiger partial charge in [-0.3, -0.25) is 9.89 Å². The van der Waals surface area contributed by atoms with Gasteiger partial charge < -0.3 is 10.6 Å². The smallest absolute Gasteiger partial charge is 0.355 e. The SMILES string of the molecule is O=C(Nc1cccc(Nc2cc(C(F)(F)F)nc3ccccc23)c1)c1[nH]nc2ncccc12. The first-order valence-corrected chi connectivity index (χ1v) is 9.83. The third kappa shape index (κ3) is 4.05. The molecule has 3 N–H and O–H groups in total. The summed E-state index contributed by atoms with van der Waals surface area (Å²) in [5, 5.41) is 13.6. The lowest BCUT2D eigenvalue weighted by atomic mass is 10.1. The molecule has 3 aromatic heterocycles. The molecule has 0 radical (unpaired) electrons. The van der Waals surface area contributed by atoms with Crippen molar-refractivity contribution in [2.24, 2.45) is 0 Å². The summed E-state index contributed by atoms with van der Waals surface area (Å²) in [6.45, 7) is 0. The van der Waals surface area contributed by atoms with Crippen LogP contribution in [0.1, 0.15) is 16.2 Å². The molecule has 0 atom stereocenters. The fourth-order valence-corrected chi connectivity index (χ4v) is 3.47. The molecule has 0 aliphatic rings. The van der Waals surface area contributed by atoms with Crippen molar-refractivity contribution in [1.29, 1.82) is 0 Å². The zero-order chi connectivity index (χ0) is 23.0. The maximum Gasteiger partial charge on any atom is 0.433 e. The number of hydrogen-bond donors (Lipinski definition) is 3. The third-order valence-electron chi connectivity index (χ3n) is 4.96. The topological polar surface area (TPSA) is 95.6 Å². The molecule has 0 bridgehead atoms. The third-order valence-corrected chi connectivity index (χ3v) is 4.96. The van der Waals surface area contributed by atoms with Crippen LogP contribution in [0.25, 0.3) is 21.9 Å². The lowest BCUT2D eigenvalue weighted by molar-refractivity contribution is -0.140. The van der Waals surface area contributed by atoms with Crippen LogP contribution in [0.3, 0.4) is 0 Å². The molecule has 3 heterocycles. The minimum Gasteiger partial charge on any atom is -0.355 e. The van der Waals surface area contributed by atoms with Crippen LogP contribution >= 0.6 is 0 Å². The van der Waals surface area contributed by atoms with E-state index in [2.05, 4.69) is 30.8 Å². The fraction of sp³-hybridized carbons (Fsp3) is 0.0435. The van der Waals surface area contributed by atoms with Gasteiger partial charge in [0.1, 0.15) is 11.4 Å². The number of hydrogen-bond acceptors (Lipinski definition) is 5. The number of pyridine rings is 2. The van der Waals surface area contributed by atoms with Crippen molar-refractivity contribution in [2.75, 3.05) is 10.6 Å². The number of halogens is 3. The van der Waals surface area contributed by atoms with E-state index in [1.807, 2.05) is 0 Å². The Hall–Kier alpha value is -4.47. The molecule has 164 valence electrons. The number of rotatable bonds is 4. The van der Waals surface area contributed by atoms with E-state index in [-0.39, 0.29) is 16.9 Å². The van der Waals surface area contributed by atoms with Gasteiger partial charge in [-0.05, 0) is 42.5 Å². The number of fused-ring (bicyclic) bond motifs is 2. The van der Waals surface area contributed by atoms with Crippen LogP contribution in [0.4, 0.5) is 30.2 Å². The van der Waals surface area contributed by atoms with Crippen LogP contribution in [0.2, 0.25) is 0 Å². The van der Waals surface area contributed by atoms with Gasteiger partial charge in [0, 0.05) is 23.0 Å². The Morgan fingerprint density at radius 1 is 0.909 bits per heavy atom. The second kappa shape index (κ2) is 7.90. The average molecular weight is 448 g/mol. The van der Waals surface area contributed by atoms with Crippen molar-refractivity contribution in [3.63, 3.8) is 0 Å². The molecule has 0 saturated heterocycles. The Balaban J connectivity index is 1.44. The number of para-hydroxylation sites is 1. The molecular weight excluding hydrogens is 433 g/mol. The number of anilines is 3. The number of alkyl halides is 3. The second-order valence-corrected chi connectivity index (χ2v) is 7.20. The van der Waals surface area contributed by atoms with E-state index in [1.54, 1.807) is 60.8 Å². The predicted octanol–water partition coefficient (Wildman–Crippen LogP) is 5.52. The van der Waals surface area contributed by atoms with Gasteiger partial charge in [-0.15, -0.1) is 0 Å². The molecule has 0 aliphatic carbocycles. The molecule has 0 spiro atoms. The quantitative estimate of drug-likeness (QED) is 0.336. The van der Waals surface area contributed by atoms with Gasteiger partial charge in [-0.25, -0.2) is 9.97 Å². The van der Waals surface area contributed by atoms with Gasteiger partial charge in [-0.2, -0.15) is 18.3 Å². The zero-order valence-electron chi connectivity index (χ0n) is 16.8. The normalized spacial score (nSPS) is 11.6. The maximum absolute atomic E-state index is 13.3. The van der Waals surface area contributed by atoms with E-state index in [9.17, 15) is 18.0 Å². The highest BCUT2D eigenvalue weighted by atomic mass is 19.4. The fourth-order valence-electron chi connectivity index (χ4n) is 3.47. The highest BCUT2D eigenvalue weighted by molar-refractivity contribution is 6.10. The number of H-pyrrole nitrogens is 1. The summed E-state index contributed by atoms with van der Waals surface area (Å²) in [6, 6.07) is 17.6. The predicted molar refractivity (Wildman–Crippen MR) is 118 cm³/mol. The summed E-state index contributed by atoms with van der Waals surface area (Å²) in [5.41, 5.74) is 1.10. The van der Waals surface area contributed by atoms with E-state index in [0.717, 1.165) is 6.07 Å². The van der Waals surface area contributed by atoms with Crippen LogP contribution in [-0.4, -0.2) is 26.1 Å². The van der Waals surface area contributed by atoms with Gasteiger partial charge in [0.2, 0.25) is 0 Å². The van der Waals surface area contributed by atoms with Crippen LogP contribution in [0.5, 0.6) is 0 Å². The van der Waals surface area contributed by atoms with Gasteiger partial charge in [0.15, 0.2) is 5.65 Å². The first-order valence-electron chi connectivity index (χ1n) is 9.83. The summed E-state index contributed by atoms with van der Waals surface area (Å²) < 4.78 is 40.0. The van der Waals surface area contributed by atoms with Gasteiger partial charge in [0.05, 0.1) is 16.6 Å². The minimum atomic E-state index is -4.59. The average Bonchev–Trinajstić information content (AvgIpc) is 3.23. The Kier molecular flexibility index (Phi) is 4.89. The highest BCUT2D eigenvalue weighted by Gasteiger charge is 2.33. The largest absolute Gasteiger partial charge is 0.433 e. The number of nitrogens with zero attached hydrogens (tertiary/aromatic N) is 3. The second-order valence-electron chi connectivity index (χ2n) is 7.20. The molecule has 0 unspecified atom stereocenters. The summed E-state index contributed by atoms with van der Waals surface area (Å²) in [7, 11) is 0. The molecule has 5 aromatic rings. The maximum atomic E-state index is 13.3. The number of benzene rings is 2. The summed E-state index contributed by atoms with van der Waals surface area (Å²) in [4.78, 5) is 20.5. The molecule has 10 heteroatoms. The number of carbonyl (C=O) groups excluding carboxylic acids is 1. The van der Waals surface area contributed by atoms with Gasteiger partial charge >= 0.3 is 6.18 Å². The monoisotopic (exact) mass is 448 g/mol. The molecule has 0 fully saturated rings. The van der Waals surface area contributed by atoms with Crippen molar-refractivity contribution in [3.05, 3.63) is 84.3 Å². The molecule has 7 nitrogen and oxygen atoms in total. The first-order chi connectivity index (χ1) is 15.9. The van der Waals surface area contributed by atoms with E-state index >= 15 is 0 Å². The van der Waals surface area contributed by atoms with Crippen molar-refractivity contribution in [3.8, 4) is 0 Å². The zero-order valence-corrected chi connectivity index (χ0v) is 16.8. The minimum absolute atomic E-state index is 0.221. The van der Waals surface area contributed by atoms with Crippen LogP contribution in [-0.2, 0) is 6.18 Å². The Morgan fingerprint density at radius 3 is 2.55 bits per heavy atom. The van der Waals surface area contributed by atoms with Crippen molar-refractivity contribution in [2.45, 2.75) is 6.18 Å². The standard InChI is InChI=1S/C23H15F3N6O/c24-23(25,26)19-12-18(15-7-1-2-9-17(15)30-19)28-13-5-3-6-14(11-13)29-22(33)20-16-8-4-10-27-21(16)32-31-20/h1-12H,(H,28,30)(H,29,33)(H,27,31,32). The van der Waals surface area contributed by atoms with Crippen LogP contribution < -0.4 is 10.6 Å². The van der Waals surface area contributed by atoms with Crippen molar-refractivity contribution in [1.82, 2.24) is 20.2 Å². The molecule has 1 amide bonds. The molecule has 0 aliphatic heterocycles. The lowest BCUT2D eigenvalue weighted by Gasteiger charge is -2.14. The molecular formula is C23H15F3N6O. The Bertz CT molecular complexity index is 1490. The van der Waals surface area contributed by atoms with E-state index in [4.69, 9.17) is 0 Å². The molecule has 33 heavy (non-hydrogen) atoms. The van der Waals surface area contributed by atoms with Crippen molar-refractivity contribution >= 4 is 44.9 Å². The lowest BCUT2D eigenvalue weighted by Crippen LogP contribution is -2.13. The molecule has 0 saturated carbocycles. The summed E-state index contributed by atoms with van der Waals surface area (Å²) in [5.74, 6) is -0.420. The van der Waals surface area contributed by atoms with Gasteiger partial charge in [0.25, 0.3) is 5.91 Å². The molecule has 2 aromatic carbocycles. The van der Waals surface area contributed by atoms with E-state index < -0.39 is 17.8 Å². The molecule has 5 rings (SSSR count). The number of nitrogens with one attached hydrogen (secondary N) is 3. The van der Waals surface area contributed by atoms with E-state index in [1.165, 1.54) is 6.07 Å². The van der Waals surface area contributed by atoms with E-state index in [0.29, 0.717) is 27.8 Å². The highest BCUT2D eigenvalue weighted by Crippen LogP contribution is 2.34. The van der Waals surface area contributed by atoms with Gasteiger partial charge in [-0.1, -0.05) is 24.3 Å². The first kappa shape index (κ1) is 20.4. The number of aromatic amines is 1. The number of aromatic nitrogens is 4. The van der Waals surface area contributed by atoms with Crippen molar-refractivity contribution < 1.29 is 18.0 Å². The Morgan fingerprint density at radius 2 is 1.70 bits per heavy atom. The Labute approximate surface area is 184 Å².